The van der Waals surface area contributed by atoms with Crippen molar-refractivity contribution in [3.63, 3.8) is 0 Å². The van der Waals surface area contributed by atoms with E-state index in [9.17, 15) is 23.0 Å². The fourth-order valence-corrected chi connectivity index (χ4v) is 4.77. The first-order chi connectivity index (χ1) is 13.7. The van der Waals surface area contributed by atoms with Gasteiger partial charge in [0.05, 0.1) is 27.0 Å². The van der Waals surface area contributed by atoms with Crippen LogP contribution in [0, 0.1) is 5.82 Å². The summed E-state index contributed by atoms with van der Waals surface area (Å²) in [6.07, 6.45) is 0.364. The fraction of sp³-hybridized carbons (Fsp3) is 0.143. The number of phenols is 1. The first-order valence-electron chi connectivity index (χ1n) is 8.78. The maximum atomic E-state index is 13.8. The number of phenolic OH excluding ortho intramolecular Hbond substituents is 1. The van der Waals surface area contributed by atoms with Crippen LogP contribution in [0.2, 0.25) is 0 Å². The molecule has 152 valence electrons. The Balaban J connectivity index is 2.09. The number of benzene rings is 3. The second-order valence-corrected chi connectivity index (χ2v) is 9.08. The fourth-order valence-electron chi connectivity index (χ4n) is 2.88. The van der Waals surface area contributed by atoms with Crippen molar-refractivity contribution >= 4 is 38.2 Å². The molecular weight excluding hydrogens is 413 g/mol. The first kappa shape index (κ1) is 21.0. The molecule has 0 amide bonds. The Morgan fingerprint density at radius 1 is 1.17 bits per heavy atom. The van der Waals surface area contributed by atoms with Gasteiger partial charge >= 0.3 is 0 Å². The average molecular weight is 434 g/mol. The highest BCUT2D eigenvalue weighted by Crippen LogP contribution is 2.40. The summed E-state index contributed by atoms with van der Waals surface area (Å²) in [6.45, 7) is 5.16. The van der Waals surface area contributed by atoms with Crippen LogP contribution < -0.4 is 4.72 Å². The lowest BCUT2D eigenvalue weighted by Crippen LogP contribution is -2.14. The van der Waals surface area contributed by atoms with Crippen LogP contribution in [0.5, 0.6) is 5.75 Å². The number of hydrogen-bond acceptors (Lipinski definition) is 5. The van der Waals surface area contributed by atoms with E-state index in [0.29, 0.717) is 27.7 Å². The zero-order valence-electron chi connectivity index (χ0n) is 15.6. The third-order valence-electron chi connectivity index (χ3n) is 4.33. The number of aliphatic hydroxyl groups excluding tert-OH is 1. The second kappa shape index (κ2) is 8.34. The smallest absolute Gasteiger partial charge is 0.261 e. The number of sulfonamides is 1. The van der Waals surface area contributed by atoms with Gasteiger partial charge in [-0.15, -0.1) is 11.8 Å². The van der Waals surface area contributed by atoms with Crippen LogP contribution in [0.1, 0.15) is 12.5 Å². The van der Waals surface area contributed by atoms with E-state index in [1.165, 1.54) is 18.2 Å². The van der Waals surface area contributed by atoms with E-state index in [-0.39, 0.29) is 27.8 Å². The molecular formula is C21H20FNO4S2. The zero-order chi connectivity index (χ0) is 21.2. The summed E-state index contributed by atoms with van der Waals surface area (Å²) in [6, 6.07) is 12.0. The monoisotopic (exact) mass is 433 g/mol. The van der Waals surface area contributed by atoms with Gasteiger partial charge in [-0.2, -0.15) is 0 Å². The molecule has 0 saturated heterocycles. The van der Waals surface area contributed by atoms with E-state index in [1.54, 1.807) is 31.2 Å². The lowest BCUT2D eigenvalue weighted by Gasteiger charge is -2.15. The molecule has 5 nitrogen and oxygen atoms in total. The van der Waals surface area contributed by atoms with Crippen molar-refractivity contribution < 1.29 is 23.0 Å². The number of halogens is 1. The predicted molar refractivity (Wildman–Crippen MR) is 115 cm³/mol. The van der Waals surface area contributed by atoms with E-state index in [4.69, 9.17) is 0 Å². The Hall–Kier alpha value is -2.71. The van der Waals surface area contributed by atoms with Gasteiger partial charge in [-0.3, -0.25) is 4.72 Å². The van der Waals surface area contributed by atoms with Gasteiger partial charge in [0.25, 0.3) is 10.0 Å². The number of nitrogens with one attached hydrogen (secondary N) is 1. The molecule has 0 atom stereocenters. The second-order valence-electron chi connectivity index (χ2n) is 6.38. The number of aromatic hydroxyl groups is 1. The van der Waals surface area contributed by atoms with Crippen LogP contribution in [-0.4, -0.2) is 24.4 Å². The Bertz CT molecular complexity index is 1190. The standard InChI is InChI=1S/C21H20FNO4S2/c1-3-14-10-15(8-9-18(14)22)29(26,27)23-19-11-20(28-12-13(2)24)21(25)17-7-5-4-6-16(17)19/h4-11,23-25H,2-3,12H2,1H3. The lowest BCUT2D eigenvalue weighted by molar-refractivity contribution is 0.420. The normalized spacial score (nSPS) is 11.5. The summed E-state index contributed by atoms with van der Waals surface area (Å²) in [4.78, 5) is 0.343. The molecule has 0 radical (unpaired) electrons. The average Bonchev–Trinajstić information content (AvgIpc) is 2.69. The van der Waals surface area contributed by atoms with Crippen molar-refractivity contribution in [1.29, 1.82) is 0 Å². The predicted octanol–water partition coefficient (Wildman–Crippen LogP) is 5.21. The van der Waals surface area contributed by atoms with Gasteiger partial charge in [-0.05, 0) is 36.2 Å². The minimum Gasteiger partial charge on any atom is -0.512 e. The molecule has 0 heterocycles. The van der Waals surface area contributed by atoms with Crippen molar-refractivity contribution in [2.45, 2.75) is 23.1 Å². The van der Waals surface area contributed by atoms with E-state index in [1.807, 2.05) is 0 Å². The number of anilines is 1. The van der Waals surface area contributed by atoms with Crippen LogP contribution in [0.25, 0.3) is 10.8 Å². The molecule has 0 aliphatic carbocycles. The summed E-state index contributed by atoms with van der Waals surface area (Å²) < 4.78 is 42.2. The SMILES string of the molecule is C=C(O)CSc1cc(NS(=O)(=O)c2ccc(F)c(CC)c2)c2ccccc2c1O. The lowest BCUT2D eigenvalue weighted by atomic mass is 10.1. The topological polar surface area (TPSA) is 86.6 Å². The highest BCUT2D eigenvalue weighted by Gasteiger charge is 2.20. The third kappa shape index (κ3) is 4.49. The molecule has 3 N–H and O–H groups in total. The summed E-state index contributed by atoms with van der Waals surface area (Å²) in [5.74, 6) is -0.381. The summed E-state index contributed by atoms with van der Waals surface area (Å²) in [5, 5.41) is 20.9. The molecule has 0 spiro atoms. The molecule has 0 fully saturated rings. The molecule has 0 aliphatic heterocycles. The van der Waals surface area contributed by atoms with Gasteiger partial charge in [-0.1, -0.05) is 37.8 Å². The van der Waals surface area contributed by atoms with E-state index in [2.05, 4.69) is 11.3 Å². The zero-order valence-corrected chi connectivity index (χ0v) is 17.3. The molecule has 0 saturated carbocycles. The van der Waals surface area contributed by atoms with Crippen molar-refractivity contribution in [3.05, 3.63) is 72.2 Å². The quantitative estimate of drug-likeness (QED) is 0.270. The Morgan fingerprint density at radius 3 is 2.52 bits per heavy atom. The molecule has 3 aromatic carbocycles. The number of aryl methyl sites for hydroxylation is 1. The van der Waals surface area contributed by atoms with Crippen LogP contribution in [0.3, 0.4) is 0 Å². The maximum Gasteiger partial charge on any atom is 0.261 e. The Morgan fingerprint density at radius 2 is 1.86 bits per heavy atom. The first-order valence-corrected chi connectivity index (χ1v) is 11.2. The van der Waals surface area contributed by atoms with Crippen LogP contribution in [0.4, 0.5) is 10.1 Å². The van der Waals surface area contributed by atoms with Crippen LogP contribution in [-0.2, 0) is 16.4 Å². The van der Waals surface area contributed by atoms with Crippen LogP contribution >= 0.6 is 11.8 Å². The van der Waals surface area contributed by atoms with Crippen molar-refractivity contribution in [3.8, 4) is 5.75 Å². The van der Waals surface area contributed by atoms with Crippen molar-refractivity contribution in [2.75, 3.05) is 10.5 Å². The van der Waals surface area contributed by atoms with Crippen molar-refractivity contribution in [2.24, 2.45) is 0 Å². The third-order valence-corrected chi connectivity index (χ3v) is 6.79. The van der Waals surface area contributed by atoms with Gasteiger partial charge in [0.1, 0.15) is 11.6 Å². The maximum absolute atomic E-state index is 13.8. The van der Waals surface area contributed by atoms with Gasteiger partial charge < -0.3 is 10.2 Å². The highest BCUT2D eigenvalue weighted by molar-refractivity contribution is 7.99. The summed E-state index contributed by atoms with van der Waals surface area (Å²) in [7, 11) is -3.99. The minimum absolute atomic E-state index is 0.00940. The highest BCUT2D eigenvalue weighted by atomic mass is 32.2. The van der Waals surface area contributed by atoms with E-state index in [0.717, 1.165) is 17.8 Å². The van der Waals surface area contributed by atoms with Gasteiger partial charge in [0, 0.05) is 10.8 Å². The number of fused-ring (bicyclic) bond motifs is 1. The largest absolute Gasteiger partial charge is 0.512 e. The van der Waals surface area contributed by atoms with E-state index >= 15 is 0 Å². The molecule has 0 unspecified atom stereocenters. The summed E-state index contributed by atoms with van der Waals surface area (Å²) in [5.41, 5.74) is 0.577. The molecule has 3 rings (SSSR count). The number of thioether (sulfide) groups is 1. The van der Waals surface area contributed by atoms with Crippen molar-refractivity contribution in [1.82, 2.24) is 0 Å². The number of hydrogen-bond donors (Lipinski definition) is 3. The molecule has 0 aromatic heterocycles. The van der Waals surface area contributed by atoms with E-state index < -0.39 is 15.8 Å². The number of rotatable bonds is 7. The Kier molecular flexibility index (Phi) is 6.04. The van der Waals surface area contributed by atoms with Gasteiger partial charge in [0.15, 0.2) is 0 Å². The minimum atomic E-state index is -3.99. The number of aliphatic hydroxyl groups is 1. The molecule has 0 bridgehead atoms. The van der Waals surface area contributed by atoms with Gasteiger partial charge in [0.2, 0.25) is 0 Å². The molecule has 0 aliphatic rings. The summed E-state index contributed by atoms with van der Waals surface area (Å²) >= 11 is 1.13. The Labute approximate surface area is 172 Å². The molecule has 3 aromatic rings. The molecule has 8 heteroatoms. The van der Waals surface area contributed by atoms with Gasteiger partial charge in [-0.25, -0.2) is 12.8 Å². The molecule has 29 heavy (non-hydrogen) atoms. The van der Waals surface area contributed by atoms with Crippen LogP contribution in [0.15, 0.2) is 70.7 Å².